The van der Waals surface area contributed by atoms with E-state index in [1.54, 1.807) is 12.4 Å². The third kappa shape index (κ3) is 4.03. The van der Waals surface area contributed by atoms with Gasteiger partial charge in [0.25, 0.3) is 0 Å². The smallest absolute Gasteiger partial charge is 0.320 e. The van der Waals surface area contributed by atoms with Crippen LogP contribution in [0.1, 0.15) is 45.2 Å². The number of rotatable bonds is 3. The minimum atomic E-state index is -0.414. The molecule has 1 aromatic rings. The number of pyridine rings is 1. The summed E-state index contributed by atoms with van der Waals surface area (Å²) in [5, 5.41) is 0. The lowest BCUT2D eigenvalue weighted by Crippen LogP contribution is -2.34. The number of carbonyl (C=O) groups excluding carboxylic acids is 1. The molecule has 2 heterocycles. The molecule has 4 heteroatoms. The van der Waals surface area contributed by atoms with E-state index in [1.807, 2.05) is 32.9 Å². The Balaban J connectivity index is 1.98. The summed E-state index contributed by atoms with van der Waals surface area (Å²) in [7, 11) is 0. The van der Waals surface area contributed by atoms with Crippen LogP contribution in [-0.2, 0) is 9.53 Å². The highest BCUT2D eigenvalue weighted by atomic mass is 16.6. The van der Waals surface area contributed by atoms with Crippen molar-refractivity contribution in [3.05, 3.63) is 30.1 Å². The number of nitrogens with zero attached hydrogens (tertiary/aromatic N) is 2. The molecule has 1 aliphatic heterocycles. The van der Waals surface area contributed by atoms with Crippen molar-refractivity contribution in [1.82, 2.24) is 9.88 Å². The molecule has 1 fully saturated rings. The minimum Gasteiger partial charge on any atom is -0.459 e. The predicted octanol–water partition coefficient (Wildman–Crippen LogP) is 2.56. The van der Waals surface area contributed by atoms with Gasteiger partial charge in [0.05, 0.1) is 6.54 Å². The van der Waals surface area contributed by atoms with Gasteiger partial charge in [0.2, 0.25) is 0 Å². The summed E-state index contributed by atoms with van der Waals surface area (Å²) in [4.78, 5) is 18.2. The maximum Gasteiger partial charge on any atom is 0.320 e. The van der Waals surface area contributed by atoms with Gasteiger partial charge in [-0.3, -0.25) is 14.7 Å². The molecule has 0 bridgehead atoms. The van der Waals surface area contributed by atoms with E-state index < -0.39 is 5.60 Å². The molecule has 1 aromatic heterocycles. The lowest BCUT2D eigenvalue weighted by molar-refractivity contribution is -0.156. The molecule has 0 unspecified atom stereocenters. The van der Waals surface area contributed by atoms with E-state index in [9.17, 15) is 4.79 Å². The van der Waals surface area contributed by atoms with Crippen LogP contribution >= 0.6 is 0 Å². The molecule has 0 radical (unpaired) electrons. The second kappa shape index (κ2) is 5.70. The predicted molar refractivity (Wildman–Crippen MR) is 73.6 cm³/mol. The number of aromatic nitrogens is 1. The van der Waals surface area contributed by atoms with E-state index in [1.165, 1.54) is 5.56 Å². The summed E-state index contributed by atoms with van der Waals surface area (Å²) < 4.78 is 5.39. The fourth-order valence-corrected chi connectivity index (χ4v) is 2.52. The molecule has 0 amide bonds. The Morgan fingerprint density at radius 3 is 2.74 bits per heavy atom. The highest BCUT2D eigenvalue weighted by molar-refractivity contribution is 5.72. The van der Waals surface area contributed by atoms with Gasteiger partial charge in [0.1, 0.15) is 5.60 Å². The highest BCUT2D eigenvalue weighted by Crippen LogP contribution is 2.31. The van der Waals surface area contributed by atoms with Gasteiger partial charge in [-0.05, 0) is 57.9 Å². The van der Waals surface area contributed by atoms with Gasteiger partial charge in [-0.25, -0.2) is 0 Å². The van der Waals surface area contributed by atoms with Crippen LogP contribution in [0.3, 0.4) is 0 Å². The van der Waals surface area contributed by atoms with Crippen LogP contribution in [0.4, 0.5) is 0 Å². The van der Waals surface area contributed by atoms with E-state index in [0.717, 1.165) is 19.4 Å². The van der Waals surface area contributed by atoms with Gasteiger partial charge >= 0.3 is 5.97 Å². The highest BCUT2D eigenvalue weighted by Gasteiger charge is 2.29. The normalized spacial score (nSPS) is 20.5. The van der Waals surface area contributed by atoms with Crippen LogP contribution in [-0.4, -0.2) is 34.5 Å². The van der Waals surface area contributed by atoms with Crippen LogP contribution in [0, 0.1) is 0 Å². The Morgan fingerprint density at radius 1 is 1.42 bits per heavy atom. The fraction of sp³-hybridized carbons (Fsp3) is 0.600. The Bertz CT molecular complexity index is 426. The maximum atomic E-state index is 11.9. The zero-order chi connectivity index (χ0) is 13.9. The van der Waals surface area contributed by atoms with Crippen LogP contribution < -0.4 is 0 Å². The molecular formula is C15H22N2O2. The minimum absolute atomic E-state index is 0.145. The molecule has 4 nitrogen and oxygen atoms in total. The zero-order valence-electron chi connectivity index (χ0n) is 11.9. The Labute approximate surface area is 114 Å². The van der Waals surface area contributed by atoms with E-state index in [-0.39, 0.29) is 5.97 Å². The molecule has 0 N–H and O–H groups in total. The molecule has 0 aromatic carbocycles. The van der Waals surface area contributed by atoms with Crippen LogP contribution in [0.2, 0.25) is 0 Å². The van der Waals surface area contributed by atoms with Crippen LogP contribution in [0.25, 0.3) is 0 Å². The number of ether oxygens (including phenoxy) is 1. The number of hydrogen-bond acceptors (Lipinski definition) is 4. The summed E-state index contributed by atoms with van der Waals surface area (Å²) >= 11 is 0. The monoisotopic (exact) mass is 262 g/mol. The maximum absolute atomic E-state index is 11.9. The second-order valence-electron chi connectivity index (χ2n) is 6.00. The molecule has 1 aliphatic rings. The number of carbonyl (C=O) groups is 1. The SMILES string of the molecule is CC(C)(C)OC(=O)CN1CCC[C@H]1c1ccncc1. The molecule has 0 saturated carbocycles. The first kappa shape index (κ1) is 14.0. The van der Waals surface area contributed by atoms with E-state index in [0.29, 0.717) is 12.6 Å². The van der Waals surface area contributed by atoms with E-state index >= 15 is 0 Å². The third-order valence-corrected chi connectivity index (χ3v) is 3.21. The Kier molecular flexibility index (Phi) is 4.20. The fourth-order valence-electron chi connectivity index (χ4n) is 2.52. The van der Waals surface area contributed by atoms with Crippen LogP contribution in [0.15, 0.2) is 24.5 Å². The number of likely N-dealkylation sites (tertiary alicyclic amines) is 1. The molecule has 19 heavy (non-hydrogen) atoms. The molecule has 0 aliphatic carbocycles. The van der Waals surface area contributed by atoms with Crippen LogP contribution in [0.5, 0.6) is 0 Å². The van der Waals surface area contributed by atoms with Gasteiger partial charge in [-0.15, -0.1) is 0 Å². The molecule has 104 valence electrons. The lowest BCUT2D eigenvalue weighted by Gasteiger charge is -2.26. The van der Waals surface area contributed by atoms with Crippen molar-refractivity contribution in [1.29, 1.82) is 0 Å². The van der Waals surface area contributed by atoms with Gasteiger partial charge in [0, 0.05) is 18.4 Å². The first-order valence-corrected chi connectivity index (χ1v) is 6.81. The van der Waals surface area contributed by atoms with Crippen molar-refractivity contribution < 1.29 is 9.53 Å². The topological polar surface area (TPSA) is 42.4 Å². The van der Waals surface area contributed by atoms with E-state index in [2.05, 4.69) is 9.88 Å². The summed E-state index contributed by atoms with van der Waals surface area (Å²) in [6, 6.07) is 4.37. The van der Waals surface area contributed by atoms with Crippen molar-refractivity contribution >= 4 is 5.97 Å². The summed E-state index contributed by atoms with van der Waals surface area (Å²) in [6.45, 7) is 7.01. The Morgan fingerprint density at radius 2 is 2.11 bits per heavy atom. The molecule has 0 spiro atoms. The molecule has 2 rings (SSSR count). The summed E-state index contributed by atoms with van der Waals surface area (Å²) in [5.74, 6) is -0.145. The summed E-state index contributed by atoms with van der Waals surface area (Å²) in [6.07, 6.45) is 5.82. The number of esters is 1. The average Bonchev–Trinajstić information content (AvgIpc) is 2.75. The first-order valence-electron chi connectivity index (χ1n) is 6.81. The lowest BCUT2D eigenvalue weighted by atomic mass is 10.1. The molecular weight excluding hydrogens is 240 g/mol. The van der Waals surface area contributed by atoms with Gasteiger partial charge < -0.3 is 4.74 Å². The largest absolute Gasteiger partial charge is 0.459 e. The molecule has 1 saturated heterocycles. The standard InChI is InChI=1S/C15H22N2O2/c1-15(2,3)19-14(18)11-17-10-4-5-13(17)12-6-8-16-9-7-12/h6-9,13H,4-5,10-11H2,1-3H3/t13-/m0/s1. The zero-order valence-corrected chi connectivity index (χ0v) is 11.9. The van der Waals surface area contributed by atoms with Crippen molar-refractivity contribution in [2.45, 2.75) is 45.3 Å². The van der Waals surface area contributed by atoms with Gasteiger partial charge in [-0.1, -0.05) is 0 Å². The quantitative estimate of drug-likeness (QED) is 0.785. The van der Waals surface area contributed by atoms with Crippen molar-refractivity contribution in [2.24, 2.45) is 0 Å². The first-order chi connectivity index (χ1) is 8.96. The molecule has 1 atom stereocenters. The average molecular weight is 262 g/mol. The van der Waals surface area contributed by atoms with Gasteiger partial charge in [-0.2, -0.15) is 0 Å². The second-order valence-corrected chi connectivity index (χ2v) is 6.00. The third-order valence-electron chi connectivity index (χ3n) is 3.21. The Hall–Kier alpha value is -1.42. The van der Waals surface area contributed by atoms with Crippen molar-refractivity contribution in [3.8, 4) is 0 Å². The van der Waals surface area contributed by atoms with Gasteiger partial charge in [0.15, 0.2) is 0 Å². The van der Waals surface area contributed by atoms with Crippen molar-refractivity contribution in [3.63, 3.8) is 0 Å². The number of hydrogen-bond donors (Lipinski definition) is 0. The summed E-state index contributed by atoms with van der Waals surface area (Å²) in [5.41, 5.74) is 0.819. The van der Waals surface area contributed by atoms with E-state index in [4.69, 9.17) is 4.74 Å². The van der Waals surface area contributed by atoms with Crippen molar-refractivity contribution in [2.75, 3.05) is 13.1 Å².